The van der Waals surface area contributed by atoms with Crippen LogP contribution in [0.1, 0.15) is 11.1 Å². The highest BCUT2D eigenvalue weighted by molar-refractivity contribution is 6.17. The van der Waals surface area contributed by atoms with Crippen LogP contribution in [0.3, 0.4) is 0 Å². The van der Waals surface area contributed by atoms with Crippen molar-refractivity contribution in [2.24, 2.45) is 0 Å². The summed E-state index contributed by atoms with van der Waals surface area (Å²) >= 11 is 5.67. The molecule has 0 aliphatic carbocycles. The molecule has 19 heavy (non-hydrogen) atoms. The third-order valence-electron chi connectivity index (χ3n) is 2.58. The van der Waals surface area contributed by atoms with Crippen LogP contribution in [0, 0.1) is 17.5 Å². The lowest BCUT2D eigenvalue weighted by Crippen LogP contribution is -2.02. The van der Waals surface area contributed by atoms with Crippen molar-refractivity contribution >= 4 is 11.6 Å². The molecule has 0 aliphatic heterocycles. The van der Waals surface area contributed by atoms with Crippen molar-refractivity contribution in [3.05, 3.63) is 65.0 Å². The van der Waals surface area contributed by atoms with Gasteiger partial charge in [-0.15, -0.1) is 11.6 Å². The topological polar surface area (TPSA) is 9.23 Å². The summed E-state index contributed by atoms with van der Waals surface area (Å²) in [6.45, 7) is -0.197. The van der Waals surface area contributed by atoms with Crippen molar-refractivity contribution in [1.29, 1.82) is 0 Å². The second-order valence-electron chi connectivity index (χ2n) is 3.89. The Labute approximate surface area is 113 Å². The normalized spacial score (nSPS) is 10.5. The predicted octanol–water partition coefficient (Wildman–Crippen LogP) is 4.42. The lowest BCUT2D eigenvalue weighted by molar-refractivity contribution is 0.282. The molecule has 0 spiro atoms. The average molecular weight is 287 g/mol. The molecule has 0 saturated carbocycles. The van der Waals surface area contributed by atoms with Crippen molar-refractivity contribution in [3.63, 3.8) is 0 Å². The van der Waals surface area contributed by atoms with Gasteiger partial charge < -0.3 is 4.74 Å². The molecule has 2 aromatic rings. The zero-order valence-electron chi connectivity index (χ0n) is 9.80. The summed E-state index contributed by atoms with van der Waals surface area (Å²) in [5, 5.41) is 0. The molecule has 100 valence electrons. The highest BCUT2D eigenvalue weighted by Crippen LogP contribution is 2.25. The number of halogens is 4. The van der Waals surface area contributed by atoms with Gasteiger partial charge >= 0.3 is 0 Å². The number of hydrogen-bond acceptors (Lipinski definition) is 1. The van der Waals surface area contributed by atoms with E-state index in [0.29, 0.717) is 5.56 Å². The molecule has 0 atom stereocenters. The molecule has 0 unspecified atom stereocenters. The quantitative estimate of drug-likeness (QED) is 0.756. The van der Waals surface area contributed by atoms with Crippen molar-refractivity contribution < 1.29 is 17.9 Å². The Kier molecular flexibility index (Phi) is 4.32. The highest BCUT2D eigenvalue weighted by atomic mass is 35.5. The zero-order chi connectivity index (χ0) is 13.8. The first-order valence-electron chi connectivity index (χ1n) is 5.52. The van der Waals surface area contributed by atoms with Gasteiger partial charge in [-0.05, 0) is 18.2 Å². The van der Waals surface area contributed by atoms with Crippen LogP contribution < -0.4 is 4.74 Å². The van der Waals surface area contributed by atoms with Gasteiger partial charge in [0, 0.05) is 17.2 Å². The van der Waals surface area contributed by atoms with E-state index >= 15 is 0 Å². The van der Waals surface area contributed by atoms with E-state index in [0.717, 1.165) is 12.1 Å². The minimum Gasteiger partial charge on any atom is -0.485 e. The van der Waals surface area contributed by atoms with E-state index in [4.69, 9.17) is 16.3 Å². The summed E-state index contributed by atoms with van der Waals surface area (Å²) in [6, 6.07) is 7.48. The summed E-state index contributed by atoms with van der Waals surface area (Å²) in [4.78, 5) is 0. The molecule has 0 aliphatic rings. The average Bonchev–Trinajstić information content (AvgIpc) is 2.39. The van der Waals surface area contributed by atoms with Crippen molar-refractivity contribution in [2.45, 2.75) is 12.5 Å². The maximum atomic E-state index is 13.6. The number of rotatable bonds is 4. The largest absolute Gasteiger partial charge is 0.485 e. The van der Waals surface area contributed by atoms with Gasteiger partial charge in [-0.25, -0.2) is 13.2 Å². The zero-order valence-corrected chi connectivity index (χ0v) is 10.6. The van der Waals surface area contributed by atoms with Crippen LogP contribution in [0.15, 0.2) is 36.4 Å². The Morgan fingerprint density at radius 3 is 2.42 bits per heavy atom. The van der Waals surface area contributed by atoms with E-state index < -0.39 is 17.5 Å². The Balaban J connectivity index is 2.19. The SMILES string of the molecule is Fc1ccc(COc2c(F)cccc2CCl)c(F)c1. The van der Waals surface area contributed by atoms with Gasteiger partial charge in [0.1, 0.15) is 18.2 Å². The van der Waals surface area contributed by atoms with Crippen molar-refractivity contribution in [2.75, 3.05) is 0 Å². The number of benzene rings is 2. The molecule has 0 N–H and O–H groups in total. The molecule has 0 amide bonds. The summed E-state index contributed by atoms with van der Waals surface area (Å²) < 4.78 is 44.9. The van der Waals surface area contributed by atoms with E-state index in [1.165, 1.54) is 18.2 Å². The molecular weight excluding hydrogens is 277 g/mol. The summed E-state index contributed by atoms with van der Waals surface area (Å²) in [5.74, 6) is -1.90. The first-order valence-corrected chi connectivity index (χ1v) is 6.05. The lowest BCUT2D eigenvalue weighted by Gasteiger charge is -2.11. The molecule has 2 rings (SSSR count). The van der Waals surface area contributed by atoms with Crippen LogP contribution in [0.5, 0.6) is 5.75 Å². The summed E-state index contributed by atoms with van der Waals surface area (Å²) in [6.07, 6.45) is 0. The number of para-hydroxylation sites is 1. The van der Waals surface area contributed by atoms with Gasteiger partial charge in [-0.1, -0.05) is 12.1 Å². The smallest absolute Gasteiger partial charge is 0.165 e. The third kappa shape index (κ3) is 3.20. The second-order valence-corrected chi connectivity index (χ2v) is 4.15. The van der Waals surface area contributed by atoms with Gasteiger partial charge in [0.25, 0.3) is 0 Å². The Morgan fingerprint density at radius 2 is 1.74 bits per heavy atom. The second kappa shape index (κ2) is 5.97. The van der Waals surface area contributed by atoms with Gasteiger partial charge in [0.2, 0.25) is 0 Å². The Morgan fingerprint density at radius 1 is 0.947 bits per heavy atom. The van der Waals surface area contributed by atoms with E-state index in [1.54, 1.807) is 6.07 Å². The molecular formula is C14H10ClF3O. The first-order chi connectivity index (χ1) is 9.11. The van der Waals surface area contributed by atoms with Crippen LogP contribution in [0.25, 0.3) is 0 Å². The summed E-state index contributed by atoms with van der Waals surface area (Å²) in [5.41, 5.74) is 0.620. The van der Waals surface area contributed by atoms with Crippen LogP contribution in [0.2, 0.25) is 0 Å². The Bertz CT molecular complexity index is 587. The van der Waals surface area contributed by atoms with Gasteiger partial charge in [-0.2, -0.15) is 0 Å². The lowest BCUT2D eigenvalue weighted by atomic mass is 10.2. The van der Waals surface area contributed by atoms with E-state index in [2.05, 4.69) is 0 Å². The van der Waals surface area contributed by atoms with E-state index in [9.17, 15) is 13.2 Å². The molecule has 0 fully saturated rings. The molecule has 1 nitrogen and oxygen atoms in total. The van der Waals surface area contributed by atoms with Crippen molar-refractivity contribution in [1.82, 2.24) is 0 Å². The van der Waals surface area contributed by atoms with Gasteiger partial charge in [0.05, 0.1) is 5.88 Å². The first kappa shape index (κ1) is 13.7. The molecule has 0 radical (unpaired) electrons. The van der Waals surface area contributed by atoms with Gasteiger partial charge in [0.15, 0.2) is 11.6 Å². The van der Waals surface area contributed by atoms with E-state index in [1.807, 2.05) is 0 Å². The summed E-state index contributed by atoms with van der Waals surface area (Å²) in [7, 11) is 0. The van der Waals surface area contributed by atoms with E-state index in [-0.39, 0.29) is 23.8 Å². The maximum absolute atomic E-state index is 13.6. The fourth-order valence-corrected chi connectivity index (χ4v) is 1.82. The van der Waals surface area contributed by atoms with Crippen LogP contribution >= 0.6 is 11.6 Å². The monoisotopic (exact) mass is 286 g/mol. The Hall–Kier alpha value is -1.68. The van der Waals surface area contributed by atoms with Crippen LogP contribution in [-0.2, 0) is 12.5 Å². The van der Waals surface area contributed by atoms with Crippen LogP contribution in [-0.4, -0.2) is 0 Å². The fourth-order valence-electron chi connectivity index (χ4n) is 1.61. The highest BCUT2D eigenvalue weighted by Gasteiger charge is 2.11. The van der Waals surface area contributed by atoms with Gasteiger partial charge in [-0.3, -0.25) is 0 Å². The fraction of sp³-hybridized carbons (Fsp3) is 0.143. The predicted molar refractivity (Wildman–Crippen MR) is 66.6 cm³/mol. The van der Waals surface area contributed by atoms with Crippen LogP contribution in [0.4, 0.5) is 13.2 Å². The number of hydrogen-bond donors (Lipinski definition) is 0. The van der Waals surface area contributed by atoms with Crippen molar-refractivity contribution in [3.8, 4) is 5.75 Å². The molecule has 2 aromatic carbocycles. The molecule has 0 aromatic heterocycles. The maximum Gasteiger partial charge on any atom is 0.165 e. The molecule has 0 saturated heterocycles. The standard InChI is InChI=1S/C14H10ClF3O/c15-7-9-2-1-3-12(17)14(9)19-8-10-4-5-11(16)6-13(10)18/h1-6H,7-8H2. The minimum atomic E-state index is -0.733. The molecule has 0 bridgehead atoms. The third-order valence-corrected chi connectivity index (χ3v) is 2.87. The molecule has 5 heteroatoms. The number of ether oxygens (including phenoxy) is 1. The minimum absolute atomic E-state index is 0.0128. The number of alkyl halides is 1. The molecule has 0 heterocycles.